The van der Waals surface area contributed by atoms with E-state index in [2.05, 4.69) is 27.7 Å². The van der Waals surface area contributed by atoms with Gasteiger partial charge in [-0.05, 0) is 50.5 Å². The quantitative estimate of drug-likeness (QED) is 0.652. The van der Waals surface area contributed by atoms with E-state index in [9.17, 15) is 4.79 Å². The molecule has 0 radical (unpaired) electrons. The molecular weight excluding hydrogens is 278 g/mol. The van der Waals surface area contributed by atoms with Crippen molar-refractivity contribution < 1.29 is 14.3 Å². The van der Waals surface area contributed by atoms with Gasteiger partial charge in [0.2, 0.25) is 5.91 Å². The second-order valence-corrected chi connectivity index (χ2v) is 6.16. The van der Waals surface area contributed by atoms with Gasteiger partial charge in [-0.25, -0.2) is 0 Å². The van der Waals surface area contributed by atoms with Gasteiger partial charge in [0, 0.05) is 19.0 Å². The second-order valence-electron chi connectivity index (χ2n) is 6.16. The van der Waals surface area contributed by atoms with E-state index in [-0.39, 0.29) is 11.9 Å². The summed E-state index contributed by atoms with van der Waals surface area (Å²) >= 11 is 0. The highest BCUT2D eigenvalue weighted by Gasteiger charge is 2.17. The molecule has 1 aromatic rings. The number of carbonyl (C=O) groups excluding carboxylic acids is 1. The molecule has 4 nitrogen and oxygen atoms in total. The summed E-state index contributed by atoms with van der Waals surface area (Å²) in [6.07, 6.45) is 1.26. The molecule has 0 bridgehead atoms. The predicted octanol–water partition coefficient (Wildman–Crippen LogP) is 3.75. The molecule has 124 valence electrons. The van der Waals surface area contributed by atoms with Gasteiger partial charge >= 0.3 is 0 Å². The van der Waals surface area contributed by atoms with Crippen LogP contribution in [0.5, 0.6) is 11.5 Å². The molecule has 0 spiro atoms. The number of nitrogens with zero attached hydrogens (tertiary/aromatic N) is 1. The maximum absolute atomic E-state index is 12.3. The Hall–Kier alpha value is -1.71. The molecule has 0 aliphatic rings. The summed E-state index contributed by atoms with van der Waals surface area (Å²) in [5.41, 5.74) is 0. The number of carbonyl (C=O) groups is 1. The molecule has 4 heteroatoms. The van der Waals surface area contributed by atoms with Crippen LogP contribution in [0.4, 0.5) is 0 Å². The average Bonchev–Trinajstić information content (AvgIpc) is 2.49. The molecule has 22 heavy (non-hydrogen) atoms. The molecule has 1 aromatic carbocycles. The van der Waals surface area contributed by atoms with Crippen LogP contribution in [0, 0.1) is 5.92 Å². The first kappa shape index (κ1) is 18.3. The minimum Gasteiger partial charge on any atom is -0.497 e. The molecule has 0 unspecified atom stereocenters. The molecule has 0 saturated heterocycles. The van der Waals surface area contributed by atoms with Crippen molar-refractivity contribution in [1.29, 1.82) is 0 Å². The topological polar surface area (TPSA) is 38.8 Å². The van der Waals surface area contributed by atoms with E-state index < -0.39 is 0 Å². The van der Waals surface area contributed by atoms with Crippen molar-refractivity contribution in [1.82, 2.24) is 4.90 Å². The summed E-state index contributed by atoms with van der Waals surface area (Å²) in [4.78, 5) is 14.2. The third kappa shape index (κ3) is 6.37. The smallest absolute Gasteiger partial charge is 0.222 e. The Morgan fingerprint density at radius 2 is 1.68 bits per heavy atom. The van der Waals surface area contributed by atoms with Crippen LogP contribution in [0.2, 0.25) is 0 Å². The monoisotopic (exact) mass is 307 g/mol. The number of amides is 1. The van der Waals surface area contributed by atoms with E-state index in [1.54, 1.807) is 7.11 Å². The van der Waals surface area contributed by atoms with E-state index in [1.165, 1.54) is 0 Å². The van der Waals surface area contributed by atoms with Crippen molar-refractivity contribution in [3.63, 3.8) is 0 Å². The molecule has 0 aliphatic carbocycles. The standard InChI is InChI=1S/C18H29NO3/c1-14(2)13-19(15(3)4)18(20)7-6-12-22-17-10-8-16(21-5)9-11-17/h8-11,14-15H,6-7,12-13H2,1-5H3. The SMILES string of the molecule is COc1ccc(OCCCC(=O)N(CC(C)C)C(C)C)cc1. The van der Waals surface area contributed by atoms with Crippen molar-refractivity contribution in [3.05, 3.63) is 24.3 Å². The zero-order valence-corrected chi connectivity index (χ0v) is 14.5. The van der Waals surface area contributed by atoms with Gasteiger partial charge in [0.05, 0.1) is 13.7 Å². The van der Waals surface area contributed by atoms with Gasteiger partial charge in [0.15, 0.2) is 0 Å². The van der Waals surface area contributed by atoms with Crippen LogP contribution < -0.4 is 9.47 Å². The van der Waals surface area contributed by atoms with Gasteiger partial charge in [-0.1, -0.05) is 13.8 Å². The maximum atomic E-state index is 12.3. The Morgan fingerprint density at radius 1 is 1.09 bits per heavy atom. The van der Waals surface area contributed by atoms with Crippen LogP contribution in [0.1, 0.15) is 40.5 Å². The van der Waals surface area contributed by atoms with Gasteiger partial charge in [0.25, 0.3) is 0 Å². The number of hydrogen-bond acceptors (Lipinski definition) is 3. The summed E-state index contributed by atoms with van der Waals surface area (Å²) in [6.45, 7) is 9.76. The molecule has 0 N–H and O–H groups in total. The van der Waals surface area contributed by atoms with Gasteiger partial charge in [0.1, 0.15) is 11.5 Å². The third-order valence-corrected chi connectivity index (χ3v) is 3.37. The molecule has 1 rings (SSSR count). The van der Waals surface area contributed by atoms with E-state index >= 15 is 0 Å². The molecule has 0 saturated carbocycles. The summed E-state index contributed by atoms with van der Waals surface area (Å²) < 4.78 is 10.8. The highest BCUT2D eigenvalue weighted by Crippen LogP contribution is 2.17. The Labute approximate surface area is 134 Å². The molecule has 1 amide bonds. The highest BCUT2D eigenvalue weighted by molar-refractivity contribution is 5.76. The predicted molar refractivity (Wildman–Crippen MR) is 89.4 cm³/mol. The van der Waals surface area contributed by atoms with Gasteiger partial charge in [-0.2, -0.15) is 0 Å². The maximum Gasteiger partial charge on any atom is 0.222 e. The second kappa shape index (κ2) is 9.34. The number of ether oxygens (including phenoxy) is 2. The average molecular weight is 307 g/mol. The Morgan fingerprint density at radius 3 is 2.18 bits per heavy atom. The minimum absolute atomic E-state index is 0.210. The number of methoxy groups -OCH3 is 1. The lowest BCUT2D eigenvalue weighted by Gasteiger charge is -2.28. The molecule has 0 fully saturated rings. The first-order valence-corrected chi connectivity index (χ1v) is 8.00. The fourth-order valence-electron chi connectivity index (χ4n) is 2.22. The van der Waals surface area contributed by atoms with Crippen molar-refractivity contribution in [2.24, 2.45) is 5.92 Å². The van der Waals surface area contributed by atoms with Crippen molar-refractivity contribution >= 4 is 5.91 Å². The summed E-state index contributed by atoms with van der Waals surface area (Å²) in [5, 5.41) is 0. The van der Waals surface area contributed by atoms with Crippen LogP contribution in [-0.4, -0.2) is 37.1 Å². The van der Waals surface area contributed by atoms with Crippen molar-refractivity contribution in [3.8, 4) is 11.5 Å². The van der Waals surface area contributed by atoms with Crippen LogP contribution in [0.25, 0.3) is 0 Å². The minimum atomic E-state index is 0.210. The van der Waals surface area contributed by atoms with E-state index in [1.807, 2.05) is 29.2 Å². The molecule has 0 atom stereocenters. The molecule has 0 heterocycles. The number of hydrogen-bond donors (Lipinski definition) is 0. The largest absolute Gasteiger partial charge is 0.497 e. The van der Waals surface area contributed by atoms with Crippen LogP contribution in [-0.2, 0) is 4.79 Å². The summed E-state index contributed by atoms with van der Waals surface area (Å²) in [7, 11) is 1.64. The first-order valence-electron chi connectivity index (χ1n) is 8.00. The van der Waals surface area contributed by atoms with Gasteiger partial charge < -0.3 is 14.4 Å². The molecular formula is C18H29NO3. The van der Waals surface area contributed by atoms with Gasteiger partial charge in [-0.15, -0.1) is 0 Å². The van der Waals surface area contributed by atoms with Crippen LogP contribution in [0.3, 0.4) is 0 Å². The lowest BCUT2D eigenvalue weighted by molar-refractivity contribution is -0.133. The summed E-state index contributed by atoms with van der Waals surface area (Å²) in [6, 6.07) is 7.73. The van der Waals surface area contributed by atoms with E-state index in [0.717, 1.165) is 24.5 Å². The third-order valence-electron chi connectivity index (χ3n) is 3.37. The Balaban J connectivity index is 2.34. The first-order chi connectivity index (χ1) is 10.4. The van der Waals surface area contributed by atoms with Crippen LogP contribution in [0.15, 0.2) is 24.3 Å². The van der Waals surface area contributed by atoms with E-state index in [4.69, 9.17) is 9.47 Å². The fourth-order valence-corrected chi connectivity index (χ4v) is 2.22. The number of rotatable bonds is 9. The molecule has 0 aliphatic heterocycles. The Bertz CT molecular complexity index is 440. The Kier molecular flexibility index (Phi) is 7.78. The van der Waals surface area contributed by atoms with E-state index in [0.29, 0.717) is 18.9 Å². The lowest BCUT2D eigenvalue weighted by atomic mass is 10.1. The normalized spacial score (nSPS) is 10.9. The number of benzene rings is 1. The fraction of sp³-hybridized carbons (Fsp3) is 0.611. The zero-order chi connectivity index (χ0) is 16.5. The van der Waals surface area contributed by atoms with Crippen LogP contribution >= 0.6 is 0 Å². The molecule has 0 aromatic heterocycles. The van der Waals surface area contributed by atoms with Crippen molar-refractivity contribution in [2.75, 3.05) is 20.3 Å². The lowest BCUT2D eigenvalue weighted by Crippen LogP contribution is -2.39. The van der Waals surface area contributed by atoms with Crippen molar-refractivity contribution in [2.45, 2.75) is 46.6 Å². The van der Waals surface area contributed by atoms with Gasteiger partial charge in [-0.3, -0.25) is 4.79 Å². The zero-order valence-electron chi connectivity index (χ0n) is 14.5. The highest BCUT2D eigenvalue weighted by atomic mass is 16.5. The summed E-state index contributed by atoms with van der Waals surface area (Å²) in [5.74, 6) is 2.31.